The second-order valence-corrected chi connectivity index (χ2v) is 1.45. The lowest BCUT2D eigenvalue weighted by Gasteiger charge is -1.92. The van der Waals surface area contributed by atoms with Gasteiger partial charge in [0.15, 0.2) is 0 Å². The van der Waals surface area contributed by atoms with Crippen molar-refractivity contribution >= 4 is 21.8 Å². The van der Waals surface area contributed by atoms with Gasteiger partial charge in [-0.2, -0.15) is 0 Å². The Morgan fingerprint density at radius 1 is 1.86 bits per heavy atom. The fourth-order valence-corrected chi connectivity index (χ4v) is 0.334. The summed E-state index contributed by atoms with van der Waals surface area (Å²) in [6.45, 7) is -0.287. The van der Waals surface area contributed by atoms with Crippen molar-refractivity contribution in [2.24, 2.45) is 0 Å². The molecule has 0 aliphatic heterocycles. The van der Waals surface area contributed by atoms with Crippen LogP contribution in [-0.2, 0) is 4.79 Å². The first kappa shape index (κ1) is 6.91. The van der Waals surface area contributed by atoms with Gasteiger partial charge in [-0.25, -0.2) is 0 Å². The molecule has 7 heavy (non-hydrogen) atoms. The Balaban J connectivity index is 3.00. The normalized spacial score (nSPS) is 8.29. The van der Waals surface area contributed by atoms with E-state index in [4.69, 9.17) is 5.11 Å². The Morgan fingerprint density at radius 2 is 2.43 bits per heavy atom. The Labute approximate surface area is 49.8 Å². The highest BCUT2D eigenvalue weighted by Crippen LogP contribution is 1.75. The molecule has 4 heteroatoms. The molecule has 0 aromatic carbocycles. The summed E-state index contributed by atoms with van der Waals surface area (Å²) >= 11 is 2.89. The van der Waals surface area contributed by atoms with E-state index in [2.05, 4.69) is 21.2 Å². The van der Waals surface area contributed by atoms with Gasteiger partial charge in [0.25, 0.3) is 0 Å². The fraction of sp³-hybridized carbons (Fsp3) is 0.667. The summed E-state index contributed by atoms with van der Waals surface area (Å²) in [5, 5.41) is 10.4. The number of aliphatic hydroxyl groups excluding tert-OH is 1. The van der Waals surface area contributed by atoms with E-state index < -0.39 is 0 Å². The van der Waals surface area contributed by atoms with Gasteiger partial charge in [0.2, 0.25) is 5.91 Å². The molecule has 0 spiro atoms. The monoisotopic (exact) mass is 167 g/mol. The van der Waals surface area contributed by atoms with E-state index in [0.29, 0.717) is 0 Å². The molecular formula is C3H6BrNO2. The molecule has 0 fully saturated rings. The van der Waals surface area contributed by atoms with Crippen LogP contribution in [0.15, 0.2) is 0 Å². The Bertz CT molecular complexity index is 66.0. The van der Waals surface area contributed by atoms with Crippen LogP contribution in [0.5, 0.6) is 0 Å². The fourth-order valence-electron chi connectivity index (χ4n) is 0.135. The van der Waals surface area contributed by atoms with Gasteiger partial charge in [-0.15, -0.1) is 0 Å². The van der Waals surface area contributed by atoms with Crippen molar-refractivity contribution in [2.45, 2.75) is 0 Å². The van der Waals surface area contributed by atoms with Crippen LogP contribution in [0.2, 0.25) is 0 Å². The van der Waals surface area contributed by atoms with E-state index in [1.807, 2.05) is 0 Å². The molecule has 2 N–H and O–H groups in total. The molecule has 3 nitrogen and oxygen atoms in total. The number of halogens is 1. The Hall–Kier alpha value is -0.0900. The summed E-state index contributed by atoms with van der Waals surface area (Å²) in [6.07, 6.45) is 0. The van der Waals surface area contributed by atoms with Crippen LogP contribution in [-0.4, -0.2) is 23.1 Å². The predicted octanol–water partition coefficient (Wildman–Crippen LogP) is -0.553. The lowest BCUT2D eigenvalue weighted by atomic mass is 10.7. The number of aliphatic hydroxyl groups is 1. The zero-order chi connectivity index (χ0) is 5.70. The van der Waals surface area contributed by atoms with Gasteiger partial charge in [-0.3, -0.25) is 4.79 Å². The average Bonchev–Trinajstić information content (AvgIpc) is 1.68. The Morgan fingerprint density at radius 3 is 2.57 bits per heavy atom. The minimum absolute atomic E-state index is 0.206. The van der Waals surface area contributed by atoms with Crippen LogP contribution in [0.1, 0.15) is 0 Å². The van der Waals surface area contributed by atoms with Crippen LogP contribution in [0.25, 0.3) is 0 Å². The first-order valence-electron chi connectivity index (χ1n) is 1.74. The molecule has 0 atom stereocenters. The summed E-state index contributed by atoms with van der Waals surface area (Å²) in [5.74, 6) is -0.206. The third kappa shape index (κ3) is 3.75. The maximum absolute atomic E-state index is 10.1. The molecule has 0 rings (SSSR count). The molecule has 1 amide bonds. The summed E-state index contributed by atoms with van der Waals surface area (Å²) in [6, 6.07) is 0. The number of carbonyl (C=O) groups excluding carboxylic acids is 1. The van der Waals surface area contributed by atoms with Gasteiger partial charge in [0.1, 0.15) is 6.73 Å². The molecule has 0 unspecified atom stereocenters. The minimum atomic E-state index is -0.287. The van der Waals surface area contributed by atoms with Crippen molar-refractivity contribution < 1.29 is 9.90 Å². The number of rotatable bonds is 2. The maximum atomic E-state index is 10.1. The summed E-state index contributed by atoms with van der Waals surface area (Å²) in [4.78, 5) is 10.1. The van der Waals surface area contributed by atoms with Gasteiger partial charge in [0.05, 0.1) is 5.33 Å². The smallest absolute Gasteiger partial charge is 0.232 e. The minimum Gasteiger partial charge on any atom is -0.377 e. The third-order valence-corrected chi connectivity index (χ3v) is 0.907. The van der Waals surface area contributed by atoms with Crippen molar-refractivity contribution in [3.63, 3.8) is 0 Å². The van der Waals surface area contributed by atoms with Crippen LogP contribution in [0.4, 0.5) is 0 Å². The standard InChI is InChI=1S/C3H6BrNO2/c4-1-3(7)5-2-6/h6H,1-2H2,(H,5,7). The number of hydrogen-bond acceptors (Lipinski definition) is 2. The largest absolute Gasteiger partial charge is 0.377 e. The summed E-state index contributed by atoms with van der Waals surface area (Å²) in [5.41, 5.74) is 0. The number of hydrogen-bond donors (Lipinski definition) is 2. The third-order valence-electron chi connectivity index (χ3n) is 0.398. The number of carbonyl (C=O) groups is 1. The highest BCUT2D eigenvalue weighted by molar-refractivity contribution is 9.09. The van der Waals surface area contributed by atoms with Crippen molar-refractivity contribution in [3.05, 3.63) is 0 Å². The van der Waals surface area contributed by atoms with Gasteiger partial charge in [-0.1, -0.05) is 15.9 Å². The molecule has 0 heterocycles. The Kier molecular flexibility index (Phi) is 4.03. The quantitative estimate of drug-likeness (QED) is 0.429. The predicted molar refractivity (Wildman–Crippen MR) is 29.0 cm³/mol. The number of nitrogens with one attached hydrogen (secondary N) is 1. The summed E-state index contributed by atoms with van der Waals surface area (Å²) in [7, 11) is 0. The van der Waals surface area contributed by atoms with E-state index in [0.717, 1.165) is 0 Å². The first-order valence-corrected chi connectivity index (χ1v) is 2.87. The van der Waals surface area contributed by atoms with Crippen molar-refractivity contribution in [1.82, 2.24) is 5.32 Å². The van der Waals surface area contributed by atoms with Crippen molar-refractivity contribution in [3.8, 4) is 0 Å². The van der Waals surface area contributed by atoms with Crippen LogP contribution in [0.3, 0.4) is 0 Å². The molecule has 0 aliphatic carbocycles. The van der Waals surface area contributed by atoms with Gasteiger partial charge >= 0.3 is 0 Å². The molecule has 42 valence electrons. The van der Waals surface area contributed by atoms with E-state index in [1.165, 1.54) is 0 Å². The van der Waals surface area contributed by atoms with Gasteiger partial charge < -0.3 is 10.4 Å². The average molecular weight is 168 g/mol. The first-order chi connectivity index (χ1) is 3.31. The molecule has 0 aromatic heterocycles. The highest BCUT2D eigenvalue weighted by Gasteiger charge is 1.90. The highest BCUT2D eigenvalue weighted by atomic mass is 79.9. The van der Waals surface area contributed by atoms with E-state index >= 15 is 0 Å². The lowest BCUT2D eigenvalue weighted by Crippen LogP contribution is -2.24. The van der Waals surface area contributed by atoms with Crippen LogP contribution < -0.4 is 5.32 Å². The van der Waals surface area contributed by atoms with Crippen molar-refractivity contribution in [1.29, 1.82) is 0 Å². The van der Waals surface area contributed by atoms with E-state index in [-0.39, 0.29) is 18.0 Å². The van der Waals surface area contributed by atoms with Crippen LogP contribution in [0, 0.1) is 0 Å². The van der Waals surface area contributed by atoms with Crippen LogP contribution >= 0.6 is 15.9 Å². The second-order valence-electron chi connectivity index (χ2n) is 0.892. The molecular weight excluding hydrogens is 162 g/mol. The number of alkyl halides is 1. The lowest BCUT2D eigenvalue weighted by molar-refractivity contribution is -0.119. The summed E-state index contributed by atoms with van der Waals surface area (Å²) < 4.78 is 0. The molecule has 0 saturated carbocycles. The molecule has 0 aliphatic rings. The maximum Gasteiger partial charge on any atom is 0.232 e. The van der Waals surface area contributed by atoms with E-state index in [1.54, 1.807) is 0 Å². The van der Waals surface area contributed by atoms with Gasteiger partial charge in [-0.05, 0) is 0 Å². The molecule has 0 saturated heterocycles. The molecule has 0 bridgehead atoms. The second kappa shape index (κ2) is 4.08. The molecule has 0 radical (unpaired) electrons. The van der Waals surface area contributed by atoms with Gasteiger partial charge in [0, 0.05) is 0 Å². The zero-order valence-corrected chi connectivity index (χ0v) is 5.23. The SMILES string of the molecule is O=C(CBr)NCO. The zero-order valence-electron chi connectivity index (χ0n) is 3.65. The number of amides is 1. The topological polar surface area (TPSA) is 49.3 Å². The van der Waals surface area contributed by atoms with E-state index in [9.17, 15) is 4.79 Å². The molecule has 0 aromatic rings. The van der Waals surface area contributed by atoms with Crippen molar-refractivity contribution in [2.75, 3.05) is 12.1 Å².